The van der Waals surface area contributed by atoms with E-state index < -0.39 is 11.4 Å². The molecule has 1 aliphatic rings. The van der Waals surface area contributed by atoms with Crippen LogP contribution in [0.2, 0.25) is 5.02 Å². The quantitative estimate of drug-likeness (QED) is 0.915. The molecule has 1 N–H and O–H groups in total. The summed E-state index contributed by atoms with van der Waals surface area (Å²) in [5, 5.41) is 12.2. The van der Waals surface area contributed by atoms with Crippen LogP contribution in [-0.2, 0) is 0 Å². The Morgan fingerprint density at radius 1 is 1.52 bits per heavy atom. The van der Waals surface area contributed by atoms with Gasteiger partial charge in [-0.05, 0) is 49.8 Å². The SMILES string of the molecule is CCC1CCC(C#N)(NC(=O)c2ccc(F)c(Cl)c2)CC1. The van der Waals surface area contributed by atoms with E-state index in [1.807, 2.05) is 0 Å². The van der Waals surface area contributed by atoms with Crippen LogP contribution in [0.5, 0.6) is 0 Å². The highest BCUT2D eigenvalue weighted by Crippen LogP contribution is 2.33. The van der Waals surface area contributed by atoms with Gasteiger partial charge in [-0.2, -0.15) is 5.26 Å². The van der Waals surface area contributed by atoms with Crippen molar-refractivity contribution >= 4 is 17.5 Å². The molecule has 5 heteroatoms. The summed E-state index contributed by atoms with van der Waals surface area (Å²) in [5.41, 5.74) is -0.544. The molecule has 0 spiro atoms. The minimum absolute atomic E-state index is 0.0941. The van der Waals surface area contributed by atoms with Crippen LogP contribution in [-0.4, -0.2) is 11.4 Å². The monoisotopic (exact) mass is 308 g/mol. The van der Waals surface area contributed by atoms with Gasteiger partial charge in [-0.15, -0.1) is 0 Å². The van der Waals surface area contributed by atoms with Crippen molar-refractivity contribution in [2.24, 2.45) is 5.92 Å². The lowest BCUT2D eigenvalue weighted by Crippen LogP contribution is -2.49. The number of nitriles is 1. The van der Waals surface area contributed by atoms with Gasteiger partial charge in [0.25, 0.3) is 5.91 Å². The molecule has 0 bridgehead atoms. The van der Waals surface area contributed by atoms with Gasteiger partial charge in [0.05, 0.1) is 11.1 Å². The third kappa shape index (κ3) is 3.54. The topological polar surface area (TPSA) is 52.9 Å². The Balaban J connectivity index is 2.10. The zero-order chi connectivity index (χ0) is 15.5. The first kappa shape index (κ1) is 15.8. The van der Waals surface area contributed by atoms with Crippen LogP contribution in [0.3, 0.4) is 0 Å². The fraction of sp³-hybridized carbons (Fsp3) is 0.500. The summed E-state index contributed by atoms with van der Waals surface area (Å²) in [7, 11) is 0. The fourth-order valence-corrected chi connectivity index (χ4v) is 2.95. The smallest absolute Gasteiger partial charge is 0.252 e. The molecule has 1 aliphatic carbocycles. The van der Waals surface area contributed by atoms with Crippen molar-refractivity contribution in [1.82, 2.24) is 5.32 Å². The molecule has 1 amide bonds. The number of hydrogen-bond donors (Lipinski definition) is 1. The molecule has 0 atom stereocenters. The number of halogens is 2. The number of carbonyl (C=O) groups excluding carboxylic acids is 1. The second-order valence-corrected chi connectivity index (χ2v) is 6.04. The molecule has 112 valence electrons. The maximum Gasteiger partial charge on any atom is 0.252 e. The van der Waals surface area contributed by atoms with Gasteiger partial charge in [0.1, 0.15) is 11.4 Å². The van der Waals surface area contributed by atoms with E-state index >= 15 is 0 Å². The normalized spacial score (nSPS) is 25.1. The number of benzene rings is 1. The molecule has 0 aromatic heterocycles. The number of carbonyl (C=O) groups is 1. The van der Waals surface area contributed by atoms with Gasteiger partial charge in [-0.25, -0.2) is 4.39 Å². The van der Waals surface area contributed by atoms with Gasteiger partial charge in [-0.3, -0.25) is 4.79 Å². The molecular weight excluding hydrogens is 291 g/mol. The van der Waals surface area contributed by atoms with E-state index in [2.05, 4.69) is 18.3 Å². The van der Waals surface area contributed by atoms with Gasteiger partial charge >= 0.3 is 0 Å². The Labute approximate surface area is 129 Å². The number of nitrogens with one attached hydrogen (secondary N) is 1. The number of hydrogen-bond acceptors (Lipinski definition) is 2. The van der Waals surface area contributed by atoms with E-state index in [0.717, 1.165) is 25.3 Å². The summed E-state index contributed by atoms with van der Waals surface area (Å²) in [6.07, 6.45) is 4.29. The molecule has 1 saturated carbocycles. The Kier molecular flexibility index (Phi) is 4.84. The van der Waals surface area contributed by atoms with Crippen LogP contribution in [0.15, 0.2) is 18.2 Å². The minimum atomic E-state index is -0.816. The molecular formula is C16H18ClFN2O. The number of amides is 1. The average Bonchev–Trinajstić information content (AvgIpc) is 2.50. The average molecular weight is 309 g/mol. The third-order valence-corrected chi connectivity index (χ3v) is 4.57. The second-order valence-electron chi connectivity index (χ2n) is 5.63. The van der Waals surface area contributed by atoms with E-state index in [1.54, 1.807) is 0 Å². The molecule has 21 heavy (non-hydrogen) atoms. The molecule has 1 fully saturated rings. The van der Waals surface area contributed by atoms with E-state index in [-0.39, 0.29) is 16.5 Å². The van der Waals surface area contributed by atoms with Gasteiger partial charge in [0, 0.05) is 5.56 Å². The molecule has 3 nitrogen and oxygen atoms in total. The summed E-state index contributed by atoms with van der Waals surface area (Å²) in [6, 6.07) is 6.07. The largest absolute Gasteiger partial charge is 0.334 e. The van der Waals surface area contributed by atoms with E-state index in [9.17, 15) is 14.4 Å². The highest BCUT2D eigenvalue weighted by molar-refractivity contribution is 6.31. The van der Waals surface area contributed by atoms with Gasteiger partial charge in [-0.1, -0.05) is 24.9 Å². The molecule has 0 heterocycles. The maximum atomic E-state index is 13.1. The van der Waals surface area contributed by atoms with Crippen molar-refractivity contribution in [2.45, 2.75) is 44.6 Å². The summed E-state index contributed by atoms with van der Waals surface area (Å²) in [4.78, 5) is 12.2. The lowest BCUT2D eigenvalue weighted by molar-refractivity contribution is 0.0891. The maximum absolute atomic E-state index is 13.1. The summed E-state index contributed by atoms with van der Waals surface area (Å²) >= 11 is 5.69. The molecule has 0 aliphatic heterocycles. The van der Waals surface area contributed by atoms with Crippen molar-refractivity contribution < 1.29 is 9.18 Å². The summed E-state index contributed by atoms with van der Waals surface area (Å²) < 4.78 is 13.1. The Hall–Kier alpha value is -1.60. The summed E-state index contributed by atoms with van der Waals surface area (Å²) in [5.74, 6) is -0.316. The lowest BCUT2D eigenvalue weighted by atomic mass is 9.76. The Bertz CT molecular complexity index is 574. The highest BCUT2D eigenvalue weighted by Gasteiger charge is 2.36. The Morgan fingerprint density at radius 2 is 2.19 bits per heavy atom. The number of rotatable bonds is 3. The van der Waals surface area contributed by atoms with Gasteiger partial charge < -0.3 is 5.32 Å². The second kappa shape index (κ2) is 6.44. The van der Waals surface area contributed by atoms with Crippen LogP contribution < -0.4 is 5.32 Å². The zero-order valence-corrected chi connectivity index (χ0v) is 12.7. The van der Waals surface area contributed by atoms with Crippen molar-refractivity contribution in [2.75, 3.05) is 0 Å². The van der Waals surface area contributed by atoms with Crippen LogP contribution in [0.25, 0.3) is 0 Å². The van der Waals surface area contributed by atoms with Gasteiger partial charge in [0.2, 0.25) is 0 Å². The van der Waals surface area contributed by atoms with Gasteiger partial charge in [0.15, 0.2) is 0 Å². The van der Waals surface area contributed by atoms with Crippen molar-refractivity contribution in [3.05, 3.63) is 34.6 Å². The summed E-state index contributed by atoms with van der Waals surface area (Å²) in [6.45, 7) is 2.14. The molecule has 2 rings (SSSR count). The zero-order valence-electron chi connectivity index (χ0n) is 12.0. The van der Waals surface area contributed by atoms with Crippen LogP contribution in [0, 0.1) is 23.1 Å². The fourth-order valence-electron chi connectivity index (χ4n) is 2.77. The minimum Gasteiger partial charge on any atom is -0.334 e. The molecule has 1 aromatic carbocycles. The first-order chi connectivity index (χ1) is 9.99. The van der Waals surface area contributed by atoms with Crippen molar-refractivity contribution in [3.8, 4) is 6.07 Å². The van der Waals surface area contributed by atoms with Crippen molar-refractivity contribution in [1.29, 1.82) is 5.26 Å². The molecule has 0 radical (unpaired) electrons. The van der Waals surface area contributed by atoms with E-state index in [1.165, 1.54) is 12.1 Å². The predicted octanol–water partition coefficient (Wildman–Crippen LogP) is 4.07. The Morgan fingerprint density at radius 3 is 2.71 bits per heavy atom. The third-order valence-electron chi connectivity index (χ3n) is 4.28. The van der Waals surface area contributed by atoms with Crippen LogP contribution in [0.4, 0.5) is 4.39 Å². The molecule has 0 unspecified atom stereocenters. The van der Waals surface area contributed by atoms with Crippen molar-refractivity contribution in [3.63, 3.8) is 0 Å². The number of nitrogens with zero attached hydrogens (tertiary/aromatic N) is 1. The molecule has 1 aromatic rings. The lowest BCUT2D eigenvalue weighted by Gasteiger charge is -2.35. The first-order valence-corrected chi connectivity index (χ1v) is 7.56. The predicted molar refractivity (Wildman–Crippen MR) is 79.5 cm³/mol. The standard InChI is InChI=1S/C16H18ClFN2O/c1-2-11-5-7-16(10-19,8-6-11)20-15(21)12-3-4-14(18)13(17)9-12/h3-4,9,11H,2,5-8H2,1H3,(H,20,21). The van der Waals surface area contributed by atoms with Crippen LogP contribution >= 0.6 is 11.6 Å². The van der Waals surface area contributed by atoms with E-state index in [0.29, 0.717) is 18.8 Å². The van der Waals surface area contributed by atoms with E-state index in [4.69, 9.17) is 11.6 Å². The first-order valence-electron chi connectivity index (χ1n) is 7.18. The molecule has 0 saturated heterocycles. The highest BCUT2D eigenvalue weighted by atomic mass is 35.5. The van der Waals surface area contributed by atoms with Crippen LogP contribution in [0.1, 0.15) is 49.4 Å².